The van der Waals surface area contributed by atoms with Crippen LogP contribution in [0.3, 0.4) is 0 Å². The third-order valence-electron chi connectivity index (χ3n) is 3.50. The van der Waals surface area contributed by atoms with E-state index in [1.807, 2.05) is 31.2 Å². The number of benzene rings is 1. The molecule has 5 heteroatoms. The third kappa shape index (κ3) is 5.01. The van der Waals surface area contributed by atoms with Crippen molar-refractivity contribution in [1.82, 2.24) is 0 Å². The SMILES string of the molecule is CCCC(C(=O)Nc1ccc(N(CC)CC)cc1)C(N)=S. The van der Waals surface area contributed by atoms with Crippen LogP contribution in [-0.4, -0.2) is 24.0 Å². The van der Waals surface area contributed by atoms with E-state index >= 15 is 0 Å². The second kappa shape index (κ2) is 8.62. The van der Waals surface area contributed by atoms with Crippen molar-refractivity contribution in [3.8, 4) is 0 Å². The van der Waals surface area contributed by atoms with Crippen LogP contribution in [-0.2, 0) is 4.79 Å². The van der Waals surface area contributed by atoms with Gasteiger partial charge in [-0.25, -0.2) is 0 Å². The summed E-state index contributed by atoms with van der Waals surface area (Å²) < 4.78 is 0. The van der Waals surface area contributed by atoms with Crippen LogP contribution < -0.4 is 16.0 Å². The van der Waals surface area contributed by atoms with Crippen LogP contribution in [0.5, 0.6) is 0 Å². The fourth-order valence-corrected chi connectivity index (χ4v) is 2.49. The van der Waals surface area contributed by atoms with Gasteiger partial charge in [0.1, 0.15) is 0 Å². The van der Waals surface area contributed by atoms with Crippen molar-refractivity contribution in [2.45, 2.75) is 33.6 Å². The van der Waals surface area contributed by atoms with E-state index < -0.39 is 5.92 Å². The Morgan fingerprint density at radius 2 is 1.81 bits per heavy atom. The van der Waals surface area contributed by atoms with Crippen LogP contribution in [0.25, 0.3) is 0 Å². The number of rotatable bonds is 8. The lowest BCUT2D eigenvalue weighted by Crippen LogP contribution is -2.33. The molecule has 1 rings (SSSR count). The lowest BCUT2D eigenvalue weighted by atomic mass is 10.0. The van der Waals surface area contributed by atoms with E-state index in [4.69, 9.17) is 18.0 Å². The van der Waals surface area contributed by atoms with Gasteiger partial charge in [-0.15, -0.1) is 0 Å². The number of nitrogens with two attached hydrogens (primary N) is 1. The maximum atomic E-state index is 12.2. The van der Waals surface area contributed by atoms with Gasteiger partial charge in [-0.05, 0) is 44.5 Å². The number of carbonyl (C=O) groups excluding carboxylic acids is 1. The molecule has 0 aliphatic rings. The maximum absolute atomic E-state index is 12.2. The van der Waals surface area contributed by atoms with E-state index in [1.165, 1.54) is 0 Å². The predicted molar refractivity (Wildman–Crippen MR) is 93.8 cm³/mol. The molecule has 0 aliphatic heterocycles. The fourth-order valence-electron chi connectivity index (χ4n) is 2.26. The highest BCUT2D eigenvalue weighted by Crippen LogP contribution is 2.19. The second-order valence-electron chi connectivity index (χ2n) is 4.95. The summed E-state index contributed by atoms with van der Waals surface area (Å²) in [6, 6.07) is 7.85. The summed E-state index contributed by atoms with van der Waals surface area (Å²) in [4.78, 5) is 14.7. The Labute approximate surface area is 132 Å². The first-order valence-electron chi connectivity index (χ1n) is 7.48. The summed E-state index contributed by atoms with van der Waals surface area (Å²) in [7, 11) is 0. The lowest BCUT2D eigenvalue weighted by Gasteiger charge is -2.21. The molecule has 1 unspecified atom stereocenters. The van der Waals surface area contributed by atoms with E-state index in [1.54, 1.807) is 0 Å². The molecule has 4 nitrogen and oxygen atoms in total. The zero-order valence-electron chi connectivity index (χ0n) is 13.1. The minimum absolute atomic E-state index is 0.125. The molecule has 0 aliphatic carbocycles. The van der Waals surface area contributed by atoms with Crippen molar-refractivity contribution < 1.29 is 4.79 Å². The Hall–Kier alpha value is -1.62. The molecule has 1 atom stereocenters. The number of amides is 1. The first-order valence-corrected chi connectivity index (χ1v) is 7.89. The summed E-state index contributed by atoms with van der Waals surface area (Å²) in [6.45, 7) is 8.18. The van der Waals surface area contributed by atoms with E-state index in [2.05, 4.69) is 24.1 Å². The van der Waals surface area contributed by atoms with Gasteiger partial charge in [0.05, 0.1) is 10.9 Å². The molecular formula is C16H25N3OS. The molecule has 0 saturated carbocycles. The first kappa shape index (κ1) is 17.4. The fraction of sp³-hybridized carbons (Fsp3) is 0.500. The van der Waals surface area contributed by atoms with E-state index in [0.717, 1.165) is 30.9 Å². The Morgan fingerprint density at radius 3 is 2.24 bits per heavy atom. The zero-order chi connectivity index (χ0) is 15.8. The van der Waals surface area contributed by atoms with Gasteiger partial charge in [0.25, 0.3) is 0 Å². The highest BCUT2D eigenvalue weighted by molar-refractivity contribution is 7.80. The molecule has 0 radical (unpaired) electrons. The molecule has 0 spiro atoms. The molecule has 1 aromatic rings. The van der Waals surface area contributed by atoms with Gasteiger partial charge in [0, 0.05) is 24.5 Å². The van der Waals surface area contributed by atoms with Gasteiger partial charge in [-0.1, -0.05) is 25.6 Å². The molecule has 1 aromatic carbocycles. The molecule has 0 bridgehead atoms. The topological polar surface area (TPSA) is 58.4 Å². The van der Waals surface area contributed by atoms with Crippen LogP contribution in [0.4, 0.5) is 11.4 Å². The number of nitrogens with zero attached hydrogens (tertiary/aromatic N) is 1. The molecule has 0 aromatic heterocycles. The molecule has 116 valence electrons. The number of carbonyl (C=O) groups is 1. The number of hydrogen-bond donors (Lipinski definition) is 2. The van der Waals surface area contributed by atoms with Gasteiger partial charge in [0.15, 0.2) is 0 Å². The molecule has 0 heterocycles. The van der Waals surface area contributed by atoms with Crippen LogP contribution >= 0.6 is 12.2 Å². The molecule has 1 amide bonds. The number of anilines is 2. The van der Waals surface area contributed by atoms with Gasteiger partial charge in [-0.2, -0.15) is 0 Å². The zero-order valence-corrected chi connectivity index (χ0v) is 13.9. The van der Waals surface area contributed by atoms with Crippen molar-refractivity contribution >= 4 is 34.5 Å². The van der Waals surface area contributed by atoms with Crippen molar-refractivity contribution in [3.05, 3.63) is 24.3 Å². The summed E-state index contributed by atoms with van der Waals surface area (Å²) in [5.74, 6) is -0.521. The van der Waals surface area contributed by atoms with Crippen LogP contribution in [0.15, 0.2) is 24.3 Å². The monoisotopic (exact) mass is 307 g/mol. The van der Waals surface area contributed by atoms with E-state index in [0.29, 0.717) is 6.42 Å². The number of nitrogens with one attached hydrogen (secondary N) is 1. The van der Waals surface area contributed by atoms with Gasteiger partial charge < -0.3 is 16.0 Å². The molecule has 21 heavy (non-hydrogen) atoms. The third-order valence-corrected chi connectivity index (χ3v) is 3.79. The van der Waals surface area contributed by atoms with Gasteiger partial charge in [-0.3, -0.25) is 4.79 Å². The summed E-state index contributed by atoms with van der Waals surface area (Å²) in [6.07, 6.45) is 1.55. The Balaban J connectivity index is 2.74. The highest BCUT2D eigenvalue weighted by Gasteiger charge is 2.20. The molecular weight excluding hydrogens is 282 g/mol. The Morgan fingerprint density at radius 1 is 1.24 bits per heavy atom. The minimum Gasteiger partial charge on any atom is -0.393 e. The summed E-state index contributed by atoms with van der Waals surface area (Å²) >= 11 is 4.97. The number of hydrogen-bond acceptors (Lipinski definition) is 3. The normalized spacial score (nSPS) is 11.8. The van der Waals surface area contributed by atoms with E-state index in [9.17, 15) is 4.79 Å². The molecule has 0 fully saturated rings. The van der Waals surface area contributed by atoms with Crippen molar-refractivity contribution in [2.24, 2.45) is 11.7 Å². The standard InChI is InChI=1S/C16H25N3OS/c1-4-7-14(15(17)21)16(20)18-12-8-10-13(11-9-12)19(5-2)6-3/h8-11,14H,4-7H2,1-3H3,(H2,17,21)(H,18,20). The predicted octanol–water partition coefficient (Wildman–Crippen LogP) is 3.17. The maximum Gasteiger partial charge on any atom is 0.234 e. The molecule has 3 N–H and O–H groups in total. The van der Waals surface area contributed by atoms with Crippen molar-refractivity contribution in [2.75, 3.05) is 23.3 Å². The summed E-state index contributed by atoms with van der Waals surface area (Å²) in [5, 5.41) is 2.89. The Kier molecular flexibility index (Phi) is 7.15. The van der Waals surface area contributed by atoms with Gasteiger partial charge in [0.2, 0.25) is 5.91 Å². The van der Waals surface area contributed by atoms with Crippen molar-refractivity contribution in [1.29, 1.82) is 0 Å². The van der Waals surface area contributed by atoms with E-state index in [-0.39, 0.29) is 10.9 Å². The Bertz CT molecular complexity index is 469. The first-order chi connectivity index (χ1) is 10.0. The van der Waals surface area contributed by atoms with Crippen LogP contribution in [0, 0.1) is 5.92 Å². The number of thiocarbonyl (C=S) groups is 1. The van der Waals surface area contributed by atoms with Gasteiger partial charge >= 0.3 is 0 Å². The highest BCUT2D eigenvalue weighted by atomic mass is 32.1. The smallest absolute Gasteiger partial charge is 0.234 e. The minimum atomic E-state index is -0.396. The van der Waals surface area contributed by atoms with Crippen LogP contribution in [0.1, 0.15) is 33.6 Å². The lowest BCUT2D eigenvalue weighted by molar-refractivity contribution is -0.118. The molecule has 0 saturated heterocycles. The average molecular weight is 307 g/mol. The summed E-state index contributed by atoms with van der Waals surface area (Å²) in [5.41, 5.74) is 7.56. The largest absolute Gasteiger partial charge is 0.393 e. The van der Waals surface area contributed by atoms with Crippen LogP contribution in [0.2, 0.25) is 0 Å². The average Bonchev–Trinajstić information content (AvgIpc) is 2.47. The van der Waals surface area contributed by atoms with Crippen molar-refractivity contribution in [3.63, 3.8) is 0 Å². The quantitative estimate of drug-likeness (QED) is 0.724. The second-order valence-corrected chi connectivity index (χ2v) is 5.42.